The molecule has 0 saturated heterocycles. The number of ether oxygens (including phenoxy) is 2. The Morgan fingerprint density at radius 2 is 1.93 bits per heavy atom. The van der Waals surface area contributed by atoms with Crippen LogP contribution in [0.4, 0.5) is 0 Å². The van der Waals surface area contributed by atoms with E-state index in [2.05, 4.69) is 60.5 Å². The number of Topliss-reactive ketones (excluding diaryl/α,β-unsaturated/α-hetero) is 1. The largest absolute Gasteiger partial charge is 0.508 e. The van der Waals surface area contributed by atoms with Gasteiger partial charge >= 0.3 is 0 Å². The molecule has 0 saturated carbocycles. The number of carbonyl (C=O) groups is 2. The molecular weight excluding hydrogens is 580 g/mol. The smallest absolute Gasteiger partial charge is 0.293 e. The Morgan fingerprint density at radius 3 is 2.65 bits per heavy atom. The second kappa shape index (κ2) is 15.7. The van der Waals surface area contributed by atoms with Crippen molar-refractivity contribution in [3.05, 3.63) is 78.1 Å². The third-order valence-corrected chi connectivity index (χ3v) is 8.29. The van der Waals surface area contributed by atoms with Crippen LogP contribution in [-0.4, -0.2) is 47.2 Å². The van der Waals surface area contributed by atoms with Gasteiger partial charge in [0.2, 0.25) is 0 Å². The lowest BCUT2D eigenvalue weighted by atomic mass is 9.84. The van der Waals surface area contributed by atoms with Gasteiger partial charge in [-0.2, -0.15) is 0 Å². The van der Waals surface area contributed by atoms with Crippen LogP contribution >= 0.6 is 0 Å². The van der Waals surface area contributed by atoms with Crippen LogP contribution in [0, 0.1) is 5.41 Å². The van der Waals surface area contributed by atoms with Crippen molar-refractivity contribution in [3.8, 4) is 28.1 Å². The van der Waals surface area contributed by atoms with Gasteiger partial charge < -0.3 is 19.1 Å². The zero-order valence-electron chi connectivity index (χ0n) is 27.4. The highest BCUT2D eigenvalue weighted by Gasteiger charge is 2.28. The lowest BCUT2D eigenvalue weighted by Crippen LogP contribution is -2.22. The number of nitrogens with two attached hydrogens (primary N) is 1. The fourth-order valence-electron chi connectivity index (χ4n) is 6.07. The Labute approximate surface area is 271 Å². The van der Waals surface area contributed by atoms with E-state index in [-0.39, 0.29) is 23.6 Å². The van der Waals surface area contributed by atoms with Gasteiger partial charge in [0.15, 0.2) is 0 Å². The molecule has 2 aromatic heterocycles. The molecule has 0 fully saturated rings. The summed E-state index contributed by atoms with van der Waals surface area (Å²) in [6, 6.07) is 15.8. The number of hydrogen-bond donors (Lipinski definition) is 3. The Hall–Kier alpha value is -4.47. The molecule has 4 N–H and O–H groups in total. The SMILES string of the molecule is C=C(OC)c1ncccc1-c1c(CC(C)(C)COC=O)c2cc(-c3cc(O)cc(CCC(=O)CCCCNN)c3)ccc2n1CC. The topological polar surface area (TPSA) is 129 Å². The highest BCUT2D eigenvalue weighted by molar-refractivity contribution is 5.96. The number of benzene rings is 2. The van der Waals surface area contributed by atoms with E-state index < -0.39 is 0 Å². The summed E-state index contributed by atoms with van der Waals surface area (Å²) in [6.07, 6.45) is 5.50. The van der Waals surface area contributed by atoms with Crippen molar-refractivity contribution in [1.82, 2.24) is 15.0 Å². The molecular formula is C37H46N4O5. The maximum atomic E-state index is 12.5. The lowest BCUT2D eigenvalue weighted by molar-refractivity contribution is -0.131. The minimum absolute atomic E-state index is 0.159. The molecule has 0 aliphatic heterocycles. The summed E-state index contributed by atoms with van der Waals surface area (Å²) in [5.74, 6) is 6.15. The highest BCUT2D eigenvalue weighted by atomic mass is 16.5. The predicted octanol–water partition coefficient (Wildman–Crippen LogP) is 6.59. The molecule has 0 radical (unpaired) electrons. The molecule has 46 heavy (non-hydrogen) atoms. The van der Waals surface area contributed by atoms with Gasteiger partial charge in [-0.1, -0.05) is 32.6 Å². The molecule has 0 aliphatic rings. The number of hydrogen-bond acceptors (Lipinski definition) is 8. The average molecular weight is 627 g/mol. The molecule has 4 rings (SSSR count). The summed E-state index contributed by atoms with van der Waals surface area (Å²) in [7, 11) is 1.59. The van der Waals surface area contributed by atoms with Gasteiger partial charge in [-0.3, -0.25) is 25.8 Å². The molecule has 0 bridgehead atoms. The van der Waals surface area contributed by atoms with Crippen molar-refractivity contribution < 1.29 is 24.2 Å². The summed E-state index contributed by atoms with van der Waals surface area (Å²) in [4.78, 5) is 28.2. The number of methoxy groups -OCH3 is 1. The van der Waals surface area contributed by atoms with E-state index in [1.807, 2.05) is 18.2 Å². The van der Waals surface area contributed by atoms with Gasteiger partial charge in [0, 0.05) is 54.0 Å². The van der Waals surface area contributed by atoms with Crippen LogP contribution in [0.15, 0.2) is 61.3 Å². The number of carbonyl (C=O) groups excluding carboxylic acids is 2. The number of hydrazine groups is 1. The van der Waals surface area contributed by atoms with Gasteiger partial charge in [-0.15, -0.1) is 0 Å². The number of phenols is 1. The first-order chi connectivity index (χ1) is 22.1. The third-order valence-electron chi connectivity index (χ3n) is 8.29. The van der Waals surface area contributed by atoms with Crippen LogP contribution in [0.2, 0.25) is 0 Å². The van der Waals surface area contributed by atoms with E-state index in [1.165, 1.54) is 0 Å². The summed E-state index contributed by atoms with van der Waals surface area (Å²) >= 11 is 0. The standard InChI is InChI=1S/C37H46N4O5/c1-6-41-34-15-13-27(28-18-26(19-30(44)20-28)12-14-29(43)10-7-8-17-40-38)21-32(34)33(22-37(3,4)23-46-24-42)36(41)31-11-9-16-39-35(31)25(2)45-5/h9,11,13,15-16,18-21,24,40,44H,2,6-8,10,12,14,17,22-23,38H2,1,3-5H3. The second-order valence-electron chi connectivity index (χ2n) is 12.4. The average Bonchev–Trinajstić information content (AvgIpc) is 3.35. The molecule has 9 heteroatoms. The normalized spacial score (nSPS) is 11.5. The number of nitrogens with one attached hydrogen (secondary N) is 1. The van der Waals surface area contributed by atoms with E-state index in [0.29, 0.717) is 56.7 Å². The van der Waals surface area contributed by atoms with Crippen molar-refractivity contribution in [3.63, 3.8) is 0 Å². The first-order valence-electron chi connectivity index (χ1n) is 15.8. The van der Waals surface area contributed by atoms with E-state index in [9.17, 15) is 14.7 Å². The highest BCUT2D eigenvalue weighted by Crippen LogP contribution is 2.41. The van der Waals surface area contributed by atoms with Crippen LogP contribution < -0.4 is 11.3 Å². The fraction of sp³-hybridized carbons (Fsp3) is 0.378. The molecule has 0 atom stereocenters. The molecule has 0 unspecified atom stereocenters. The number of pyridine rings is 1. The maximum Gasteiger partial charge on any atom is 0.293 e. The number of phenolic OH excluding ortho intramolecular Hbond substituents is 1. The number of ketones is 1. The minimum Gasteiger partial charge on any atom is -0.508 e. The molecule has 0 amide bonds. The van der Waals surface area contributed by atoms with Gasteiger partial charge in [-0.25, -0.2) is 0 Å². The number of unbranched alkanes of at least 4 members (excludes halogenated alkanes) is 1. The Bertz CT molecular complexity index is 1690. The summed E-state index contributed by atoms with van der Waals surface area (Å²) < 4.78 is 13.0. The molecule has 0 spiro atoms. The van der Waals surface area contributed by atoms with Crippen LogP contribution in [-0.2, 0) is 38.4 Å². The van der Waals surface area contributed by atoms with Crippen molar-refractivity contribution in [2.75, 3.05) is 20.3 Å². The number of aryl methyl sites for hydroxylation is 2. The van der Waals surface area contributed by atoms with Crippen molar-refractivity contribution in [1.29, 1.82) is 0 Å². The number of aromatic hydroxyl groups is 1. The van der Waals surface area contributed by atoms with Crippen molar-refractivity contribution in [2.24, 2.45) is 11.3 Å². The van der Waals surface area contributed by atoms with Gasteiger partial charge in [0.05, 0.1) is 19.4 Å². The van der Waals surface area contributed by atoms with Crippen molar-refractivity contribution in [2.45, 2.75) is 65.8 Å². The molecule has 2 aromatic carbocycles. The number of rotatable bonds is 18. The maximum absolute atomic E-state index is 12.5. The molecule has 244 valence electrons. The number of nitrogens with zero attached hydrogens (tertiary/aromatic N) is 2. The number of fused-ring (bicyclic) bond motifs is 1. The second-order valence-corrected chi connectivity index (χ2v) is 12.4. The van der Waals surface area contributed by atoms with E-state index >= 15 is 0 Å². The quantitative estimate of drug-likeness (QED) is 0.0371. The molecule has 2 heterocycles. The Kier molecular flexibility index (Phi) is 11.7. The zero-order chi connectivity index (χ0) is 33.3. The Morgan fingerprint density at radius 1 is 1.13 bits per heavy atom. The summed E-state index contributed by atoms with van der Waals surface area (Å²) in [5.41, 5.74) is 9.68. The van der Waals surface area contributed by atoms with Crippen LogP contribution in [0.25, 0.3) is 39.0 Å². The Balaban J connectivity index is 1.81. The summed E-state index contributed by atoms with van der Waals surface area (Å²) in [5, 5.41) is 11.7. The van der Waals surface area contributed by atoms with Crippen molar-refractivity contribution >= 4 is 28.9 Å². The van der Waals surface area contributed by atoms with E-state index in [4.69, 9.17) is 15.3 Å². The minimum atomic E-state index is -0.370. The fourth-order valence-corrected chi connectivity index (χ4v) is 6.07. The predicted molar refractivity (Wildman–Crippen MR) is 183 cm³/mol. The van der Waals surface area contributed by atoms with Crippen LogP contribution in [0.1, 0.15) is 63.3 Å². The van der Waals surface area contributed by atoms with Gasteiger partial charge in [0.25, 0.3) is 6.47 Å². The van der Waals surface area contributed by atoms with Gasteiger partial charge in [0.1, 0.15) is 23.0 Å². The van der Waals surface area contributed by atoms with Crippen LogP contribution in [0.3, 0.4) is 0 Å². The van der Waals surface area contributed by atoms with Crippen LogP contribution in [0.5, 0.6) is 5.75 Å². The number of aromatic nitrogens is 2. The summed E-state index contributed by atoms with van der Waals surface area (Å²) in [6.45, 7) is 12.5. The molecule has 0 aliphatic carbocycles. The molecule has 9 nitrogen and oxygen atoms in total. The lowest BCUT2D eigenvalue weighted by Gasteiger charge is -2.24. The first-order valence-corrected chi connectivity index (χ1v) is 15.8. The monoisotopic (exact) mass is 626 g/mol. The van der Waals surface area contributed by atoms with E-state index in [0.717, 1.165) is 57.3 Å². The van der Waals surface area contributed by atoms with E-state index in [1.54, 1.807) is 25.4 Å². The third kappa shape index (κ3) is 8.21. The first kappa shape index (κ1) is 34.4. The van der Waals surface area contributed by atoms with Gasteiger partial charge in [-0.05, 0) is 91.3 Å². The zero-order valence-corrected chi connectivity index (χ0v) is 27.4. The molecule has 4 aromatic rings.